The van der Waals surface area contributed by atoms with E-state index in [1.807, 2.05) is 60.7 Å². The number of aliphatic hydroxyl groups is 1. The van der Waals surface area contributed by atoms with E-state index in [9.17, 15) is 9.59 Å². The summed E-state index contributed by atoms with van der Waals surface area (Å²) in [6, 6.07) is 24.2. The minimum Gasteiger partial charge on any atom is -0.493 e. The predicted molar refractivity (Wildman–Crippen MR) is 127 cm³/mol. The lowest BCUT2D eigenvalue weighted by Gasteiger charge is -2.11. The first kappa shape index (κ1) is 22.3. The molecule has 0 amide bonds. The molecule has 6 nitrogen and oxygen atoms in total. The van der Waals surface area contributed by atoms with Crippen molar-refractivity contribution in [2.75, 3.05) is 13.2 Å². The van der Waals surface area contributed by atoms with Crippen LogP contribution in [0.4, 0.5) is 0 Å². The zero-order chi connectivity index (χ0) is 23.0. The molecule has 0 aliphatic carbocycles. The number of benzene rings is 3. The molecule has 0 fully saturated rings. The number of Topliss-reactive ketones (excluding diaryl/α,β-unsaturated/α-hetero) is 1. The number of carbonyl (C=O) groups excluding carboxylic acids is 1. The zero-order valence-electron chi connectivity index (χ0n) is 18.1. The van der Waals surface area contributed by atoms with E-state index in [4.69, 9.17) is 14.6 Å². The van der Waals surface area contributed by atoms with E-state index >= 15 is 0 Å². The highest BCUT2D eigenvalue weighted by Gasteiger charge is 2.09. The quantitative estimate of drug-likeness (QED) is 0.293. The molecule has 1 aromatic heterocycles. The standard InChI is InChI=1S/C27H25NO5/c29-18-26(30)22-11-10-21-12-14-28(27(31)25(21)16-22)13-5-15-32-23-8-4-9-24(17-23)33-19-20-6-2-1-3-7-20/h1-4,6-12,14,16-17,29H,5,13,15,18-19H2. The fourth-order valence-electron chi connectivity index (χ4n) is 3.54. The minimum absolute atomic E-state index is 0.170. The first-order valence-corrected chi connectivity index (χ1v) is 10.8. The Balaban J connectivity index is 1.33. The van der Waals surface area contributed by atoms with Crippen LogP contribution in [0.3, 0.4) is 0 Å². The molecule has 3 aromatic carbocycles. The van der Waals surface area contributed by atoms with Crippen LogP contribution >= 0.6 is 0 Å². The fraction of sp³-hybridized carbons (Fsp3) is 0.185. The Morgan fingerprint density at radius 2 is 1.67 bits per heavy atom. The highest BCUT2D eigenvalue weighted by Crippen LogP contribution is 2.21. The molecule has 4 aromatic rings. The van der Waals surface area contributed by atoms with Gasteiger partial charge in [0.05, 0.1) is 6.61 Å². The van der Waals surface area contributed by atoms with Gasteiger partial charge < -0.3 is 19.1 Å². The van der Waals surface area contributed by atoms with Crippen molar-refractivity contribution in [3.8, 4) is 11.5 Å². The molecule has 0 bridgehead atoms. The van der Waals surface area contributed by atoms with E-state index in [1.165, 1.54) is 0 Å². The summed E-state index contributed by atoms with van der Waals surface area (Å²) in [5.74, 6) is 1.03. The number of hydrogen-bond donors (Lipinski definition) is 1. The molecule has 4 rings (SSSR count). The molecular weight excluding hydrogens is 418 g/mol. The third kappa shape index (κ3) is 5.67. The Hall–Kier alpha value is -3.90. The molecule has 1 N–H and O–H groups in total. The lowest BCUT2D eigenvalue weighted by atomic mass is 10.1. The maximum absolute atomic E-state index is 12.8. The Bertz CT molecular complexity index is 1300. The molecule has 0 atom stereocenters. The monoisotopic (exact) mass is 443 g/mol. The number of aromatic nitrogens is 1. The van der Waals surface area contributed by atoms with Crippen LogP contribution in [0.1, 0.15) is 22.3 Å². The van der Waals surface area contributed by atoms with Gasteiger partial charge in [-0.25, -0.2) is 0 Å². The fourth-order valence-corrected chi connectivity index (χ4v) is 3.54. The molecule has 168 valence electrons. The van der Waals surface area contributed by atoms with Gasteiger partial charge in [-0.05, 0) is 41.6 Å². The van der Waals surface area contributed by atoms with Gasteiger partial charge in [-0.15, -0.1) is 0 Å². The molecule has 0 saturated carbocycles. The van der Waals surface area contributed by atoms with Crippen LogP contribution in [0.2, 0.25) is 0 Å². The van der Waals surface area contributed by atoms with E-state index in [1.54, 1.807) is 29.0 Å². The Morgan fingerprint density at radius 3 is 2.45 bits per heavy atom. The number of nitrogens with zero attached hydrogens (tertiary/aromatic N) is 1. The molecule has 0 saturated heterocycles. The Morgan fingerprint density at radius 1 is 0.879 bits per heavy atom. The van der Waals surface area contributed by atoms with Crippen LogP contribution in [-0.2, 0) is 13.2 Å². The summed E-state index contributed by atoms with van der Waals surface area (Å²) in [6.07, 6.45) is 2.38. The first-order chi connectivity index (χ1) is 16.1. The van der Waals surface area contributed by atoms with Crippen molar-refractivity contribution < 1.29 is 19.4 Å². The second-order valence-corrected chi connectivity index (χ2v) is 7.65. The highest BCUT2D eigenvalue weighted by atomic mass is 16.5. The SMILES string of the molecule is O=C(CO)c1ccc2ccn(CCCOc3cccc(OCc4ccccc4)c3)c(=O)c2c1. The average molecular weight is 443 g/mol. The number of hydrogen-bond acceptors (Lipinski definition) is 5. The summed E-state index contributed by atoms with van der Waals surface area (Å²) in [4.78, 5) is 24.6. The van der Waals surface area contributed by atoms with Gasteiger partial charge >= 0.3 is 0 Å². The van der Waals surface area contributed by atoms with E-state index in [2.05, 4.69) is 0 Å². The minimum atomic E-state index is -0.581. The Labute approximate surface area is 191 Å². The van der Waals surface area contributed by atoms with Gasteiger partial charge in [-0.3, -0.25) is 9.59 Å². The largest absolute Gasteiger partial charge is 0.493 e. The summed E-state index contributed by atoms with van der Waals surface area (Å²) in [6.45, 7) is 0.829. The van der Waals surface area contributed by atoms with Crippen LogP contribution < -0.4 is 15.0 Å². The number of ether oxygens (including phenoxy) is 2. The summed E-state index contributed by atoms with van der Waals surface area (Å²) in [5, 5.41) is 10.3. The van der Waals surface area contributed by atoms with E-state index in [-0.39, 0.29) is 5.56 Å². The molecule has 0 unspecified atom stereocenters. The van der Waals surface area contributed by atoms with Gasteiger partial charge in [0.1, 0.15) is 24.7 Å². The van der Waals surface area contributed by atoms with Crippen molar-refractivity contribution in [3.05, 3.63) is 107 Å². The van der Waals surface area contributed by atoms with Crippen LogP contribution in [0.15, 0.2) is 89.9 Å². The van der Waals surface area contributed by atoms with E-state index in [0.717, 1.165) is 16.7 Å². The molecule has 0 aliphatic heterocycles. The van der Waals surface area contributed by atoms with Crippen LogP contribution in [0.5, 0.6) is 11.5 Å². The zero-order valence-corrected chi connectivity index (χ0v) is 18.1. The van der Waals surface area contributed by atoms with Crippen LogP contribution in [0.25, 0.3) is 10.8 Å². The topological polar surface area (TPSA) is 77.8 Å². The summed E-state index contributed by atoms with van der Waals surface area (Å²) >= 11 is 0. The van der Waals surface area contributed by atoms with Gasteiger partial charge in [-0.2, -0.15) is 0 Å². The third-order valence-corrected chi connectivity index (χ3v) is 5.31. The van der Waals surface area contributed by atoms with Gasteiger partial charge in [0.25, 0.3) is 5.56 Å². The molecule has 0 aliphatic rings. The molecule has 1 heterocycles. The third-order valence-electron chi connectivity index (χ3n) is 5.31. The number of aliphatic hydroxyl groups excluding tert-OH is 1. The summed E-state index contributed by atoms with van der Waals surface area (Å²) in [5.41, 5.74) is 1.26. The maximum atomic E-state index is 12.8. The normalized spacial score (nSPS) is 10.8. The van der Waals surface area contributed by atoms with Crippen molar-refractivity contribution in [2.24, 2.45) is 0 Å². The molecule has 33 heavy (non-hydrogen) atoms. The van der Waals surface area contributed by atoms with Gasteiger partial charge in [0.2, 0.25) is 0 Å². The lowest BCUT2D eigenvalue weighted by molar-refractivity contribution is 0.0904. The van der Waals surface area contributed by atoms with Crippen molar-refractivity contribution in [1.82, 2.24) is 4.57 Å². The van der Waals surface area contributed by atoms with Gasteiger partial charge in [0, 0.05) is 29.8 Å². The van der Waals surface area contributed by atoms with Gasteiger partial charge in [0.15, 0.2) is 5.78 Å². The number of carbonyl (C=O) groups is 1. The van der Waals surface area contributed by atoms with Crippen molar-refractivity contribution in [3.63, 3.8) is 0 Å². The number of fused-ring (bicyclic) bond motifs is 1. The first-order valence-electron chi connectivity index (χ1n) is 10.8. The predicted octanol–water partition coefficient (Wildman–Crippen LogP) is 4.22. The number of pyridine rings is 1. The maximum Gasteiger partial charge on any atom is 0.258 e. The summed E-state index contributed by atoms with van der Waals surface area (Å²) < 4.78 is 13.3. The highest BCUT2D eigenvalue weighted by molar-refractivity contribution is 6.00. The number of ketones is 1. The van der Waals surface area contributed by atoms with E-state index < -0.39 is 12.4 Å². The van der Waals surface area contributed by atoms with Crippen LogP contribution in [-0.4, -0.2) is 28.7 Å². The Kier molecular flexibility index (Phi) is 7.17. The second kappa shape index (κ2) is 10.6. The number of aryl methyl sites for hydroxylation is 1. The van der Waals surface area contributed by atoms with E-state index in [0.29, 0.717) is 42.9 Å². The smallest absolute Gasteiger partial charge is 0.258 e. The van der Waals surface area contributed by atoms with Crippen LogP contribution in [0, 0.1) is 0 Å². The molecule has 0 spiro atoms. The average Bonchev–Trinajstić information content (AvgIpc) is 2.87. The molecule has 6 heteroatoms. The number of rotatable bonds is 10. The summed E-state index contributed by atoms with van der Waals surface area (Å²) in [7, 11) is 0. The van der Waals surface area contributed by atoms with Crippen molar-refractivity contribution in [1.29, 1.82) is 0 Å². The van der Waals surface area contributed by atoms with Crippen molar-refractivity contribution >= 4 is 16.6 Å². The van der Waals surface area contributed by atoms with Gasteiger partial charge in [-0.1, -0.05) is 48.5 Å². The van der Waals surface area contributed by atoms with Crippen molar-refractivity contribution in [2.45, 2.75) is 19.6 Å². The second-order valence-electron chi connectivity index (χ2n) is 7.65. The molecule has 0 radical (unpaired) electrons. The lowest BCUT2D eigenvalue weighted by Crippen LogP contribution is -2.21. The molecular formula is C27H25NO5.